The smallest absolute Gasteiger partial charge is 0.280 e. The van der Waals surface area contributed by atoms with Gasteiger partial charge in [-0.25, -0.2) is 4.68 Å². The van der Waals surface area contributed by atoms with Crippen molar-refractivity contribution < 1.29 is 4.52 Å². The maximum atomic E-state index is 5.54. The lowest BCUT2D eigenvalue weighted by Gasteiger charge is -2.09. The van der Waals surface area contributed by atoms with Gasteiger partial charge in [0.15, 0.2) is 5.69 Å². The van der Waals surface area contributed by atoms with E-state index in [0.29, 0.717) is 23.3 Å². The zero-order valence-corrected chi connectivity index (χ0v) is 15.3. The number of hydrogen-bond donors (Lipinski definition) is 0. The standard InChI is InChI=1S/C21H21N5O/c1-14-19(23-25-26(14)13-15-7-2-3-8-15)21-22-20(24-27-21)18-12-6-10-16-9-4-5-11-17(16)18/h4-6,9-12,15H,2-3,7-8,13H2,1H3. The van der Waals surface area contributed by atoms with E-state index >= 15 is 0 Å². The highest BCUT2D eigenvalue weighted by Gasteiger charge is 2.22. The van der Waals surface area contributed by atoms with Gasteiger partial charge >= 0.3 is 0 Å². The van der Waals surface area contributed by atoms with Gasteiger partial charge in [-0.2, -0.15) is 4.98 Å². The molecule has 0 atom stereocenters. The Hall–Kier alpha value is -3.02. The van der Waals surface area contributed by atoms with Crippen molar-refractivity contribution in [3.63, 3.8) is 0 Å². The number of hydrogen-bond acceptors (Lipinski definition) is 5. The van der Waals surface area contributed by atoms with Crippen LogP contribution in [0.25, 0.3) is 33.7 Å². The lowest BCUT2D eigenvalue weighted by Crippen LogP contribution is -2.10. The molecule has 2 heterocycles. The summed E-state index contributed by atoms with van der Waals surface area (Å²) >= 11 is 0. The van der Waals surface area contributed by atoms with Crippen LogP contribution in [0, 0.1) is 12.8 Å². The summed E-state index contributed by atoms with van der Waals surface area (Å²) in [4.78, 5) is 4.61. The van der Waals surface area contributed by atoms with Gasteiger partial charge in [-0.05, 0) is 36.5 Å². The highest BCUT2D eigenvalue weighted by Crippen LogP contribution is 2.30. The molecule has 0 amide bonds. The van der Waals surface area contributed by atoms with Gasteiger partial charge in [-0.1, -0.05) is 65.7 Å². The van der Waals surface area contributed by atoms with Gasteiger partial charge in [0, 0.05) is 12.1 Å². The predicted octanol–water partition coefficient (Wildman–Crippen LogP) is 4.65. The first-order valence-electron chi connectivity index (χ1n) is 9.52. The summed E-state index contributed by atoms with van der Waals surface area (Å²) in [5, 5.41) is 15.1. The van der Waals surface area contributed by atoms with Crippen LogP contribution in [0.2, 0.25) is 0 Å². The average Bonchev–Trinajstić information content (AvgIpc) is 3.44. The van der Waals surface area contributed by atoms with E-state index in [1.165, 1.54) is 25.7 Å². The molecule has 1 aliphatic rings. The maximum Gasteiger partial charge on any atom is 0.280 e. The van der Waals surface area contributed by atoms with E-state index < -0.39 is 0 Å². The fraction of sp³-hybridized carbons (Fsp3) is 0.333. The van der Waals surface area contributed by atoms with Crippen LogP contribution in [0.5, 0.6) is 0 Å². The van der Waals surface area contributed by atoms with Gasteiger partial charge in [-0.15, -0.1) is 5.10 Å². The van der Waals surface area contributed by atoms with Crippen molar-refractivity contribution in [2.24, 2.45) is 5.92 Å². The molecule has 0 spiro atoms. The van der Waals surface area contributed by atoms with Gasteiger partial charge < -0.3 is 4.52 Å². The zero-order chi connectivity index (χ0) is 18.2. The highest BCUT2D eigenvalue weighted by atomic mass is 16.5. The SMILES string of the molecule is Cc1c(-c2nc(-c3cccc4ccccc34)no2)nnn1CC1CCCC1. The summed E-state index contributed by atoms with van der Waals surface area (Å²) < 4.78 is 7.52. The molecule has 4 aromatic rings. The normalized spacial score (nSPS) is 15.0. The third kappa shape index (κ3) is 2.91. The van der Waals surface area contributed by atoms with E-state index in [1.54, 1.807) is 0 Å². The van der Waals surface area contributed by atoms with E-state index in [9.17, 15) is 0 Å². The molecule has 136 valence electrons. The van der Waals surface area contributed by atoms with E-state index in [1.807, 2.05) is 35.9 Å². The number of aromatic nitrogens is 5. The van der Waals surface area contributed by atoms with Crippen LogP contribution in [0.4, 0.5) is 0 Å². The Kier molecular flexibility index (Phi) is 3.96. The lowest BCUT2D eigenvalue weighted by atomic mass is 10.0. The van der Waals surface area contributed by atoms with Gasteiger partial charge in [0.05, 0.1) is 5.69 Å². The Morgan fingerprint density at radius 2 is 1.89 bits per heavy atom. The molecule has 0 unspecified atom stereocenters. The van der Waals surface area contributed by atoms with Crippen LogP contribution in [0.1, 0.15) is 31.4 Å². The second-order valence-electron chi connectivity index (χ2n) is 7.31. The molecule has 2 aromatic carbocycles. The van der Waals surface area contributed by atoms with Crippen LogP contribution in [-0.4, -0.2) is 25.1 Å². The Morgan fingerprint density at radius 3 is 2.78 bits per heavy atom. The molecular weight excluding hydrogens is 338 g/mol. The number of nitrogens with zero attached hydrogens (tertiary/aromatic N) is 5. The Bertz CT molecular complexity index is 1090. The molecule has 0 radical (unpaired) electrons. The number of fused-ring (bicyclic) bond motifs is 1. The molecular formula is C21H21N5O. The molecule has 5 rings (SSSR count). The molecule has 1 aliphatic carbocycles. The minimum atomic E-state index is 0.424. The topological polar surface area (TPSA) is 69.6 Å². The minimum absolute atomic E-state index is 0.424. The first-order valence-corrected chi connectivity index (χ1v) is 9.52. The summed E-state index contributed by atoms with van der Waals surface area (Å²) in [7, 11) is 0. The van der Waals surface area contributed by atoms with E-state index in [0.717, 1.165) is 28.6 Å². The van der Waals surface area contributed by atoms with Crippen molar-refractivity contribution in [2.45, 2.75) is 39.2 Å². The Morgan fingerprint density at radius 1 is 1.07 bits per heavy atom. The largest absolute Gasteiger partial charge is 0.332 e. The van der Waals surface area contributed by atoms with E-state index in [4.69, 9.17) is 4.52 Å². The predicted molar refractivity (Wildman–Crippen MR) is 103 cm³/mol. The summed E-state index contributed by atoms with van der Waals surface area (Å²) in [6, 6.07) is 14.3. The van der Waals surface area contributed by atoms with Crippen LogP contribution in [0.15, 0.2) is 47.0 Å². The quantitative estimate of drug-likeness (QED) is 0.530. The second-order valence-corrected chi connectivity index (χ2v) is 7.31. The monoisotopic (exact) mass is 359 g/mol. The summed E-state index contributed by atoms with van der Waals surface area (Å²) in [5.41, 5.74) is 2.61. The molecule has 0 saturated heterocycles. The van der Waals surface area contributed by atoms with Crippen LogP contribution in [0.3, 0.4) is 0 Å². The molecule has 2 aromatic heterocycles. The van der Waals surface area contributed by atoms with Gasteiger partial charge in [-0.3, -0.25) is 0 Å². The lowest BCUT2D eigenvalue weighted by molar-refractivity contribution is 0.415. The van der Waals surface area contributed by atoms with Crippen molar-refractivity contribution in [3.05, 3.63) is 48.2 Å². The van der Waals surface area contributed by atoms with Crippen molar-refractivity contribution in [1.29, 1.82) is 0 Å². The Balaban J connectivity index is 1.48. The maximum absolute atomic E-state index is 5.54. The van der Waals surface area contributed by atoms with Crippen LogP contribution in [-0.2, 0) is 6.54 Å². The van der Waals surface area contributed by atoms with E-state index in [-0.39, 0.29) is 0 Å². The van der Waals surface area contributed by atoms with Crippen molar-refractivity contribution in [3.8, 4) is 23.0 Å². The fourth-order valence-corrected chi connectivity index (χ4v) is 4.02. The van der Waals surface area contributed by atoms with E-state index in [2.05, 4.69) is 38.7 Å². The molecule has 1 saturated carbocycles. The van der Waals surface area contributed by atoms with Crippen molar-refractivity contribution in [2.75, 3.05) is 0 Å². The molecule has 1 fully saturated rings. The van der Waals surface area contributed by atoms with Gasteiger partial charge in [0.25, 0.3) is 5.89 Å². The summed E-state index contributed by atoms with van der Waals surface area (Å²) in [6.45, 7) is 2.94. The average molecular weight is 359 g/mol. The first-order chi connectivity index (χ1) is 13.3. The van der Waals surface area contributed by atoms with Crippen LogP contribution >= 0.6 is 0 Å². The minimum Gasteiger partial charge on any atom is -0.332 e. The first kappa shape index (κ1) is 16.2. The molecule has 27 heavy (non-hydrogen) atoms. The second kappa shape index (κ2) is 6.61. The number of benzene rings is 2. The summed E-state index contributed by atoms with van der Waals surface area (Å²) in [5.74, 6) is 1.70. The van der Waals surface area contributed by atoms with Gasteiger partial charge in [0.2, 0.25) is 5.82 Å². The highest BCUT2D eigenvalue weighted by molar-refractivity contribution is 5.95. The molecule has 0 aliphatic heterocycles. The summed E-state index contributed by atoms with van der Waals surface area (Å²) in [6.07, 6.45) is 5.20. The molecule has 0 N–H and O–H groups in total. The molecule has 0 bridgehead atoms. The molecule has 6 heteroatoms. The Labute approximate surface area is 157 Å². The van der Waals surface area contributed by atoms with Crippen molar-refractivity contribution >= 4 is 10.8 Å². The van der Waals surface area contributed by atoms with Crippen molar-refractivity contribution in [1.82, 2.24) is 25.1 Å². The van der Waals surface area contributed by atoms with Gasteiger partial charge in [0.1, 0.15) is 0 Å². The fourth-order valence-electron chi connectivity index (χ4n) is 4.02. The third-order valence-electron chi connectivity index (χ3n) is 5.55. The zero-order valence-electron chi connectivity index (χ0n) is 15.3. The molecule has 6 nitrogen and oxygen atoms in total. The van der Waals surface area contributed by atoms with Crippen LogP contribution < -0.4 is 0 Å². The third-order valence-corrected chi connectivity index (χ3v) is 5.55. The number of rotatable bonds is 4.